The van der Waals surface area contributed by atoms with Gasteiger partial charge in [-0.2, -0.15) is 0 Å². The summed E-state index contributed by atoms with van der Waals surface area (Å²) in [6, 6.07) is 12.6. The predicted octanol–water partition coefficient (Wildman–Crippen LogP) is 3.42. The number of halogens is 1. The third kappa shape index (κ3) is 6.27. The SMILES string of the molecule is CCc1ccccc1NC(=O)CN(C)CC(=O)Nc1cc(Cl)ccc1OC. The molecule has 0 bridgehead atoms. The highest BCUT2D eigenvalue weighted by Crippen LogP contribution is 2.27. The van der Waals surface area contributed by atoms with E-state index in [0.717, 1.165) is 17.7 Å². The summed E-state index contributed by atoms with van der Waals surface area (Å²) >= 11 is 5.96. The van der Waals surface area contributed by atoms with Gasteiger partial charge in [0.15, 0.2) is 0 Å². The molecule has 2 amide bonds. The molecule has 0 aliphatic heterocycles. The topological polar surface area (TPSA) is 70.7 Å². The van der Waals surface area contributed by atoms with Crippen LogP contribution < -0.4 is 15.4 Å². The Morgan fingerprint density at radius 3 is 2.30 bits per heavy atom. The van der Waals surface area contributed by atoms with Crippen molar-refractivity contribution in [1.82, 2.24) is 4.90 Å². The number of benzene rings is 2. The molecule has 2 aromatic carbocycles. The molecule has 0 saturated carbocycles. The van der Waals surface area contributed by atoms with E-state index in [-0.39, 0.29) is 24.9 Å². The van der Waals surface area contributed by atoms with Crippen molar-refractivity contribution in [3.63, 3.8) is 0 Å². The Kier molecular flexibility index (Phi) is 7.64. The zero-order chi connectivity index (χ0) is 19.8. The van der Waals surface area contributed by atoms with Gasteiger partial charge in [-0.05, 0) is 43.3 Å². The summed E-state index contributed by atoms with van der Waals surface area (Å²) in [5.74, 6) is 0.0793. The maximum atomic E-state index is 12.3. The first-order valence-corrected chi connectivity index (χ1v) is 9.00. The number of para-hydroxylation sites is 1. The number of ether oxygens (including phenoxy) is 1. The molecule has 0 unspecified atom stereocenters. The third-order valence-corrected chi connectivity index (χ3v) is 4.17. The lowest BCUT2D eigenvalue weighted by molar-refractivity contribution is -0.119. The number of methoxy groups -OCH3 is 1. The summed E-state index contributed by atoms with van der Waals surface area (Å²) in [6.07, 6.45) is 0.830. The third-order valence-electron chi connectivity index (χ3n) is 3.94. The Hall–Kier alpha value is -2.57. The molecule has 0 saturated heterocycles. The van der Waals surface area contributed by atoms with Crippen LogP contribution in [0.5, 0.6) is 5.75 Å². The van der Waals surface area contributed by atoms with Gasteiger partial charge < -0.3 is 15.4 Å². The van der Waals surface area contributed by atoms with Crippen LogP contribution in [0.15, 0.2) is 42.5 Å². The average molecular weight is 390 g/mol. The van der Waals surface area contributed by atoms with Crippen LogP contribution in [-0.4, -0.2) is 44.0 Å². The van der Waals surface area contributed by atoms with E-state index in [0.29, 0.717) is 16.5 Å². The Morgan fingerprint density at radius 2 is 1.67 bits per heavy atom. The average Bonchev–Trinajstić information content (AvgIpc) is 2.62. The molecule has 0 spiro atoms. The van der Waals surface area contributed by atoms with Gasteiger partial charge >= 0.3 is 0 Å². The van der Waals surface area contributed by atoms with Gasteiger partial charge in [-0.25, -0.2) is 0 Å². The minimum Gasteiger partial charge on any atom is -0.495 e. The summed E-state index contributed by atoms with van der Waals surface area (Å²) in [7, 11) is 3.23. The molecule has 0 atom stereocenters. The molecule has 0 heterocycles. The van der Waals surface area contributed by atoms with Gasteiger partial charge in [0.1, 0.15) is 5.75 Å². The number of hydrogen-bond acceptors (Lipinski definition) is 4. The van der Waals surface area contributed by atoms with Gasteiger partial charge in [-0.15, -0.1) is 0 Å². The molecule has 0 radical (unpaired) electrons. The number of nitrogens with zero attached hydrogens (tertiary/aromatic N) is 1. The highest BCUT2D eigenvalue weighted by atomic mass is 35.5. The van der Waals surface area contributed by atoms with Crippen LogP contribution in [0.2, 0.25) is 5.02 Å². The van der Waals surface area contributed by atoms with Crippen LogP contribution in [-0.2, 0) is 16.0 Å². The lowest BCUT2D eigenvalue weighted by Crippen LogP contribution is -2.36. The number of likely N-dealkylation sites (N-methyl/N-ethyl adjacent to an activating group) is 1. The zero-order valence-electron chi connectivity index (χ0n) is 15.7. The molecule has 2 N–H and O–H groups in total. The van der Waals surface area contributed by atoms with E-state index in [4.69, 9.17) is 16.3 Å². The van der Waals surface area contributed by atoms with Crippen molar-refractivity contribution in [2.45, 2.75) is 13.3 Å². The summed E-state index contributed by atoms with van der Waals surface area (Å²) in [5.41, 5.74) is 2.36. The second-order valence-electron chi connectivity index (χ2n) is 6.12. The van der Waals surface area contributed by atoms with Gasteiger partial charge in [0.2, 0.25) is 11.8 Å². The van der Waals surface area contributed by atoms with Crippen LogP contribution in [0.4, 0.5) is 11.4 Å². The van der Waals surface area contributed by atoms with E-state index < -0.39 is 0 Å². The number of hydrogen-bond donors (Lipinski definition) is 2. The van der Waals surface area contributed by atoms with Crippen molar-refractivity contribution < 1.29 is 14.3 Å². The van der Waals surface area contributed by atoms with E-state index in [1.807, 2.05) is 31.2 Å². The molecule has 144 valence electrons. The van der Waals surface area contributed by atoms with Crippen molar-refractivity contribution in [2.75, 3.05) is 37.9 Å². The van der Waals surface area contributed by atoms with Gasteiger partial charge in [0.05, 0.1) is 25.9 Å². The molecule has 6 nitrogen and oxygen atoms in total. The van der Waals surface area contributed by atoms with Crippen LogP contribution in [0.3, 0.4) is 0 Å². The van der Waals surface area contributed by atoms with E-state index in [1.165, 1.54) is 7.11 Å². The normalized spacial score (nSPS) is 10.6. The number of anilines is 2. The lowest BCUT2D eigenvalue weighted by atomic mass is 10.1. The minimum atomic E-state index is -0.264. The number of nitrogens with one attached hydrogen (secondary N) is 2. The monoisotopic (exact) mass is 389 g/mol. The molecule has 2 aromatic rings. The summed E-state index contributed by atoms with van der Waals surface area (Å²) in [5, 5.41) is 6.14. The summed E-state index contributed by atoms with van der Waals surface area (Å²) in [6.45, 7) is 2.18. The molecule has 7 heteroatoms. The van der Waals surface area contributed by atoms with Crippen molar-refractivity contribution in [2.24, 2.45) is 0 Å². The van der Waals surface area contributed by atoms with Crippen LogP contribution in [0.25, 0.3) is 0 Å². The Labute approximate surface area is 164 Å². The molecule has 2 rings (SSSR count). The van der Waals surface area contributed by atoms with Crippen molar-refractivity contribution in [3.05, 3.63) is 53.1 Å². The highest BCUT2D eigenvalue weighted by Gasteiger charge is 2.14. The summed E-state index contributed by atoms with van der Waals surface area (Å²) < 4.78 is 5.21. The quantitative estimate of drug-likeness (QED) is 0.725. The maximum absolute atomic E-state index is 12.3. The fourth-order valence-corrected chi connectivity index (χ4v) is 2.83. The van der Waals surface area contributed by atoms with Gasteiger partial charge in [-0.1, -0.05) is 36.7 Å². The Bertz CT molecular complexity index is 811. The van der Waals surface area contributed by atoms with Crippen LogP contribution in [0.1, 0.15) is 12.5 Å². The molecule has 0 aliphatic carbocycles. The van der Waals surface area contributed by atoms with E-state index in [9.17, 15) is 9.59 Å². The van der Waals surface area contributed by atoms with Crippen LogP contribution in [0, 0.1) is 0 Å². The van der Waals surface area contributed by atoms with Gasteiger partial charge in [0.25, 0.3) is 0 Å². The Morgan fingerprint density at radius 1 is 1.04 bits per heavy atom. The second-order valence-corrected chi connectivity index (χ2v) is 6.56. The van der Waals surface area contributed by atoms with Crippen molar-refractivity contribution in [3.8, 4) is 5.75 Å². The van der Waals surface area contributed by atoms with Crippen molar-refractivity contribution in [1.29, 1.82) is 0 Å². The Balaban J connectivity index is 1.89. The van der Waals surface area contributed by atoms with Gasteiger partial charge in [0, 0.05) is 10.7 Å². The maximum Gasteiger partial charge on any atom is 0.238 e. The smallest absolute Gasteiger partial charge is 0.238 e. The number of aryl methyl sites for hydroxylation is 1. The fraction of sp³-hybridized carbons (Fsp3) is 0.300. The van der Waals surface area contributed by atoms with Crippen molar-refractivity contribution >= 4 is 34.8 Å². The molecular formula is C20H24ClN3O3. The van der Waals surface area contributed by atoms with E-state index >= 15 is 0 Å². The molecule has 0 aliphatic rings. The molecule has 27 heavy (non-hydrogen) atoms. The van der Waals surface area contributed by atoms with E-state index in [2.05, 4.69) is 10.6 Å². The number of carbonyl (C=O) groups is 2. The van der Waals surface area contributed by atoms with Crippen LogP contribution >= 0.6 is 11.6 Å². The second kappa shape index (κ2) is 9.94. The summed E-state index contributed by atoms with van der Waals surface area (Å²) in [4.78, 5) is 26.1. The number of rotatable bonds is 8. The first-order valence-electron chi connectivity index (χ1n) is 8.62. The number of carbonyl (C=O) groups excluding carboxylic acids is 2. The first-order chi connectivity index (χ1) is 12.9. The lowest BCUT2D eigenvalue weighted by Gasteiger charge is -2.17. The number of amides is 2. The fourth-order valence-electron chi connectivity index (χ4n) is 2.65. The largest absolute Gasteiger partial charge is 0.495 e. The standard InChI is InChI=1S/C20H24ClN3O3/c1-4-14-7-5-6-8-16(14)22-19(25)12-24(2)13-20(26)23-17-11-15(21)9-10-18(17)27-3/h5-11H,4,12-13H2,1-3H3,(H,22,25)(H,23,26). The van der Waals surface area contributed by atoms with E-state index in [1.54, 1.807) is 30.1 Å². The molecule has 0 fully saturated rings. The first kappa shape index (κ1) is 20.7. The molecule has 0 aromatic heterocycles. The predicted molar refractivity (Wildman–Crippen MR) is 109 cm³/mol. The zero-order valence-corrected chi connectivity index (χ0v) is 16.5. The molecular weight excluding hydrogens is 366 g/mol. The highest BCUT2D eigenvalue weighted by molar-refractivity contribution is 6.31. The minimum absolute atomic E-state index is 0.0541. The van der Waals surface area contributed by atoms with Gasteiger partial charge in [-0.3, -0.25) is 14.5 Å².